The van der Waals surface area contributed by atoms with Gasteiger partial charge in [-0.15, -0.1) is 0 Å². The average Bonchev–Trinajstić information content (AvgIpc) is 2.70. The van der Waals surface area contributed by atoms with Crippen molar-refractivity contribution >= 4 is 34.4 Å². The quantitative estimate of drug-likeness (QED) is 0.586. The van der Waals surface area contributed by atoms with Crippen LogP contribution in [0.4, 0.5) is 11.5 Å². The van der Waals surface area contributed by atoms with Crippen LogP contribution in [0, 0.1) is 6.92 Å². The highest BCUT2D eigenvalue weighted by Gasteiger charge is 2.10. The minimum atomic E-state index is -0.103. The maximum atomic E-state index is 12.6. The molecule has 28 heavy (non-hydrogen) atoms. The Hall–Kier alpha value is -3.14. The molecule has 0 aliphatic carbocycles. The van der Waals surface area contributed by atoms with Crippen molar-refractivity contribution in [2.24, 2.45) is 0 Å². The first kappa shape index (κ1) is 19.6. The van der Waals surface area contributed by atoms with Gasteiger partial charge in [0.25, 0.3) is 5.91 Å². The number of nitrogens with one attached hydrogen (secondary N) is 1. The number of nitrogens with zero attached hydrogens (tertiary/aromatic N) is 2. The summed E-state index contributed by atoms with van der Waals surface area (Å²) >= 11 is 0. The molecule has 0 bridgehead atoms. The Morgan fingerprint density at radius 2 is 1.79 bits per heavy atom. The molecule has 4 nitrogen and oxygen atoms in total. The Kier molecular flexibility index (Phi) is 6.09. The highest BCUT2D eigenvalue weighted by molar-refractivity contribution is 6.07. The Labute approximate surface area is 166 Å². The minimum absolute atomic E-state index is 0.103. The molecule has 0 radical (unpaired) electrons. The zero-order chi connectivity index (χ0) is 20.1. The zero-order valence-corrected chi connectivity index (χ0v) is 17.0. The van der Waals surface area contributed by atoms with E-state index in [9.17, 15) is 4.79 Å². The molecule has 0 aliphatic heterocycles. The summed E-state index contributed by atoms with van der Waals surface area (Å²) in [4.78, 5) is 19.6. The predicted molar refractivity (Wildman–Crippen MR) is 119 cm³/mol. The van der Waals surface area contributed by atoms with Gasteiger partial charge in [-0.25, -0.2) is 4.98 Å². The number of anilines is 2. The van der Waals surface area contributed by atoms with Crippen LogP contribution < -0.4 is 10.2 Å². The Bertz CT molecular complexity index is 1010. The zero-order valence-electron chi connectivity index (χ0n) is 17.0. The van der Waals surface area contributed by atoms with Gasteiger partial charge in [0, 0.05) is 29.7 Å². The molecule has 1 N–H and O–H groups in total. The van der Waals surface area contributed by atoms with Gasteiger partial charge in [0.15, 0.2) is 0 Å². The second-order valence-electron chi connectivity index (χ2n) is 6.89. The molecule has 0 saturated carbocycles. The largest absolute Gasteiger partial charge is 0.357 e. The number of carbonyl (C=O) groups excluding carboxylic acids is 1. The first-order chi connectivity index (χ1) is 13.5. The van der Waals surface area contributed by atoms with Crippen molar-refractivity contribution in [3.63, 3.8) is 0 Å². The summed E-state index contributed by atoms with van der Waals surface area (Å²) in [7, 11) is 0. The summed E-state index contributed by atoms with van der Waals surface area (Å²) in [5.74, 6) is 0.891. The predicted octanol–water partition coefficient (Wildman–Crippen LogP) is 5.43. The number of aryl methyl sites for hydroxylation is 1. The first-order valence-corrected chi connectivity index (χ1v) is 9.73. The molecule has 1 aromatic heterocycles. The van der Waals surface area contributed by atoms with Gasteiger partial charge in [-0.1, -0.05) is 30.3 Å². The first-order valence-electron chi connectivity index (χ1n) is 9.73. The van der Waals surface area contributed by atoms with Crippen LogP contribution >= 0.6 is 0 Å². The van der Waals surface area contributed by atoms with Crippen molar-refractivity contribution in [3.05, 3.63) is 71.3 Å². The van der Waals surface area contributed by atoms with Crippen molar-refractivity contribution in [1.29, 1.82) is 0 Å². The SMILES string of the molecule is CCN(CC)c1cc(C)c2cc(NC(=O)C(C)=Cc3ccccc3)ccc2n1. The molecule has 0 unspecified atom stereocenters. The molecule has 0 atom stereocenters. The number of pyridine rings is 1. The third kappa shape index (κ3) is 4.39. The van der Waals surface area contributed by atoms with E-state index >= 15 is 0 Å². The van der Waals surface area contributed by atoms with Crippen LogP contribution in [-0.2, 0) is 4.79 Å². The van der Waals surface area contributed by atoms with Crippen molar-refractivity contribution in [2.75, 3.05) is 23.3 Å². The van der Waals surface area contributed by atoms with Crippen molar-refractivity contribution in [3.8, 4) is 0 Å². The van der Waals surface area contributed by atoms with Crippen molar-refractivity contribution in [2.45, 2.75) is 27.7 Å². The van der Waals surface area contributed by atoms with E-state index in [0.717, 1.165) is 46.6 Å². The monoisotopic (exact) mass is 373 g/mol. The highest BCUT2D eigenvalue weighted by atomic mass is 16.1. The molecule has 0 aliphatic rings. The number of amides is 1. The molecule has 0 saturated heterocycles. The molecule has 1 amide bonds. The fourth-order valence-electron chi connectivity index (χ4n) is 3.26. The molecule has 4 heteroatoms. The molecule has 3 rings (SSSR count). The van der Waals surface area contributed by atoms with E-state index < -0.39 is 0 Å². The maximum absolute atomic E-state index is 12.6. The molecule has 0 fully saturated rings. The lowest BCUT2D eigenvalue weighted by atomic mass is 10.1. The second-order valence-corrected chi connectivity index (χ2v) is 6.89. The fraction of sp³-hybridized carbons (Fsp3) is 0.250. The topological polar surface area (TPSA) is 45.2 Å². The number of carbonyl (C=O) groups is 1. The number of hydrogen-bond donors (Lipinski definition) is 1. The summed E-state index contributed by atoms with van der Waals surface area (Å²) < 4.78 is 0. The summed E-state index contributed by atoms with van der Waals surface area (Å²) in [5.41, 5.74) is 4.55. The third-order valence-electron chi connectivity index (χ3n) is 4.89. The van der Waals surface area contributed by atoms with Crippen LogP contribution in [0.2, 0.25) is 0 Å². The average molecular weight is 374 g/mol. The lowest BCUT2D eigenvalue weighted by Gasteiger charge is -2.21. The van der Waals surface area contributed by atoms with Gasteiger partial charge in [-0.3, -0.25) is 4.79 Å². The molecular formula is C24H27N3O. The number of benzene rings is 2. The molecule has 144 valence electrons. The number of aromatic nitrogens is 1. The van der Waals surface area contributed by atoms with Gasteiger partial charge in [-0.05, 0) is 69.2 Å². The lowest BCUT2D eigenvalue weighted by molar-refractivity contribution is -0.112. The summed E-state index contributed by atoms with van der Waals surface area (Å²) in [6.07, 6.45) is 1.89. The van der Waals surface area contributed by atoms with E-state index in [1.54, 1.807) is 0 Å². The Balaban J connectivity index is 1.84. The van der Waals surface area contributed by atoms with Crippen LogP contribution in [-0.4, -0.2) is 24.0 Å². The fourth-order valence-corrected chi connectivity index (χ4v) is 3.26. The molecule has 0 spiro atoms. The number of hydrogen-bond acceptors (Lipinski definition) is 3. The standard InChI is InChI=1S/C24H27N3O/c1-5-27(6-2)23-15-17(3)21-16-20(12-13-22(21)26-23)25-24(28)18(4)14-19-10-8-7-9-11-19/h7-16H,5-6H2,1-4H3,(H,25,28). The van der Waals surface area contributed by atoms with E-state index in [-0.39, 0.29) is 5.91 Å². The van der Waals surface area contributed by atoms with E-state index in [1.165, 1.54) is 0 Å². The second kappa shape index (κ2) is 8.70. The van der Waals surface area contributed by atoms with Crippen LogP contribution in [0.25, 0.3) is 17.0 Å². The Morgan fingerprint density at radius 3 is 2.46 bits per heavy atom. The highest BCUT2D eigenvalue weighted by Crippen LogP contribution is 2.25. The van der Waals surface area contributed by atoms with Gasteiger partial charge in [-0.2, -0.15) is 0 Å². The smallest absolute Gasteiger partial charge is 0.251 e. The lowest BCUT2D eigenvalue weighted by Crippen LogP contribution is -2.23. The van der Waals surface area contributed by atoms with Crippen molar-refractivity contribution in [1.82, 2.24) is 4.98 Å². The minimum Gasteiger partial charge on any atom is -0.357 e. The van der Waals surface area contributed by atoms with E-state index in [0.29, 0.717) is 5.57 Å². The maximum Gasteiger partial charge on any atom is 0.251 e. The van der Waals surface area contributed by atoms with E-state index in [4.69, 9.17) is 4.98 Å². The van der Waals surface area contributed by atoms with Crippen LogP contribution in [0.5, 0.6) is 0 Å². The van der Waals surface area contributed by atoms with E-state index in [2.05, 4.69) is 37.1 Å². The van der Waals surface area contributed by atoms with Gasteiger partial charge in [0.05, 0.1) is 5.52 Å². The summed E-state index contributed by atoms with van der Waals surface area (Å²) in [6, 6.07) is 17.8. The normalized spacial score (nSPS) is 11.5. The number of fused-ring (bicyclic) bond motifs is 1. The van der Waals surface area contributed by atoms with Gasteiger partial charge in [0.1, 0.15) is 5.82 Å². The summed E-state index contributed by atoms with van der Waals surface area (Å²) in [5, 5.41) is 4.05. The van der Waals surface area contributed by atoms with Crippen LogP contribution in [0.3, 0.4) is 0 Å². The third-order valence-corrected chi connectivity index (χ3v) is 4.89. The molecule has 1 heterocycles. The van der Waals surface area contributed by atoms with Crippen LogP contribution in [0.15, 0.2) is 60.2 Å². The summed E-state index contributed by atoms with van der Waals surface area (Å²) in [6.45, 7) is 10.0. The Morgan fingerprint density at radius 1 is 1.07 bits per heavy atom. The van der Waals surface area contributed by atoms with Crippen molar-refractivity contribution < 1.29 is 4.79 Å². The molecule has 2 aromatic carbocycles. The van der Waals surface area contributed by atoms with Gasteiger partial charge in [0.2, 0.25) is 0 Å². The van der Waals surface area contributed by atoms with Gasteiger partial charge < -0.3 is 10.2 Å². The molecule has 3 aromatic rings. The number of rotatable bonds is 6. The molecular weight excluding hydrogens is 346 g/mol. The van der Waals surface area contributed by atoms with Crippen LogP contribution in [0.1, 0.15) is 31.9 Å². The van der Waals surface area contributed by atoms with E-state index in [1.807, 2.05) is 61.5 Å². The van der Waals surface area contributed by atoms with Gasteiger partial charge >= 0.3 is 0 Å².